The maximum Gasteiger partial charge on any atom is 0.232 e. The fraction of sp³-hybridized carbons (Fsp3) is 0.600. The molecule has 1 N–H and O–H groups in total. The minimum atomic E-state index is -0.523. The number of benzene rings is 1. The van der Waals surface area contributed by atoms with Crippen LogP contribution in [0.3, 0.4) is 0 Å². The predicted molar refractivity (Wildman–Crippen MR) is 96.6 cm³/mol. The first kappa shape index (κ1) is 18.5. The zero-order valence-electron chi connectivity index (χ0n) is 15.3. The van der Waals surface area contributed by atoms with E-state index < -0.39 is 5.41 Å². The third kappa shape index (κ3) is 4.37. The van der Waals surface area contributed by atoms with Gasteiger partial charge in [-0.3, -0.25) is 9.59 Å². The standard InChI is InChI=1S/C20H30N2O2/c1-15(2)18(23)21-13-16-9-8-12-22(14-16)19(24)20(3,4)17-10-6-5-7-11-17/h5-7,10-11,15-16H,8-9,12-14H2,1-4H3,(H,21,23). The summed E-state index contributed by atoms with van der Waals surface area (Å²) in [6.45, 7) is 9.98. The lowest BCUT2D eigenvalue weighted by Crippen LogP contribution is -2.49. The van der Waals surface area contributed by atoms with Gasteiger partial charge in [0.2, 0.25) is 11.8 Å². The Labute approximate surface area is 145 Å². The van der Waals surface area contributed by atoms with Crippen LogP contribution in [0.15, 0.2) is 30.3 Å². The van der Waals surface area contributed by atoms with Crippen LogP contribution in [0.25, 0.3) is 0 Å². The lowest BCUT2D eigenvalue weighted by Gasteiger charge is -2.38. The van der Waals surface area contributed by atoms with Crippen LogP contribution in [-0.4, -0.2) is 36.3 Å². The van der Waals surface area contributed by atoms with Crippen LogP contribution in [0.1, 0.15) is 46.1 Å². The van der Waals surface area contributed by atoms with Crippen molar-refractivity contribution in [3.05, 3.63) is 35.9 Å². The molecule has 1 saturated heterocycles. The summed E-state index contributed by atoms with van der Waals surface area (Å²) in [5.74, 6) is 0.608. The maximum absolute atomic E-state index is 13.1. The summed E-state index contributed by atoms with van der Waals surface area (Å²) in [6, 6.07) is 9.96. The van der Waals surface area contributed by atoms with Crippen molar-refractivity contribution in [1.29, 1.82) is 0 Å². The van der Waals surface area contributed by atoms with Crippen molar-refractivity contribution in [3.8, 4) is 0 Å². The van der Waals surface area contributed by atoms with E-state index in [4.69, 9.17) is 0 Å². The molecule has 0 spiro atoms. The first-order chi connectivity index (χ1) is 11.3. The normalized spacial score (nSPS) is 18.5. The molecule has 24 heavy (non-hydrogen) atoms. The van der Waals surface area contributed by atoms with E-state index in [9.17, 15) is 9.59 Å². The number of carbonyl (C=O) groups excluding carboxylic acids is 2. The molecule has 0 aromatic heterocycles. The third-order valence-electron chi connectivity index (χ3n) is 4.93. The number of piperidine rings is 1. The monoisotopic (exact) mass is 330 g/mol. The quantitative estimate of drug-likeness (QED) is 0.902. The highest BCUT2D eigenvalue weighted by molar-refractivity contribution is 5.87. The molecular weight excluding hydrogens is 300 g/mol. The van der Waals surface area contributed by atoms with Crippen LogP contribution in [0.5, 0.6) is 0 Å². The van der Waals surface area contributed by atoms with E-state index >= 15 is 0 Å². The number of likely N-dealkylation sites (tertiary alicyclic amines) is 1. The number of nitrogens with one attached hydrogen (secondary N) is 1. The molecule has 1 heterocycles. The molecule has 2 rings (SSSR count). The minimum absolute atomic E-state index is 0.00309. The smallest absolute Gasteiger partial charge is 0.232 e. The SMILES string of the molecule is CC(C)C(=O)NCC1CCCN(C(=O)C(C)(C)c2ccccc2)C1. The summed E-state index contributed by atoms with van der Waals surface area (Å²) in [6.07, 6.45) is 2.06. The van der Waals surface area contributed by atoms with Gasteiger partial charge in [-0.05, 0) is 38.2 Å². The molecule has 0 radical (unpaired) electrons. The van der Waals surface area contributed by atoms with Gasteiger partial charge in [-0.15, -0.1) is 0 Å². The summed E-state index contributed by atoms with van der Waals surface area (Å²) >= 11 is 0. The molecule has 1 aliphatic rings. The molecule has 0 bridgehead atoms. The van der Waals surface area contributed by atoms with Gasteiger partial charge in [-0.2, -0.15) is 0 Å². The number of hydrogen-bond donors (Lipinski definition) is 1. The Balaban J connectivity index is 1.98. The number of carbonyl (C=O) groups is 2. The van der Waals surface area contributed by atoms with E-state index in [1.165, 1.54) is 0 Å². The highest BCUT2D eigenvalue weighted by Crippen LogP contribution is 2.28. The first-order valence-corrected chi connectivity index (χ1v) is 8.95. The second-order valence-corrected chi connectivity index (χ2v) is 7.65. The summed E-state index contributed by atoms with van der Waals surface area (Å²) in [4.78, 5) is 26.8. The Morgan fingerprint density at radius 2 is 1.92 bits per heavy atom. The van der Waals surface area contributed by atoms with Crippen LogP contribution in [0, 0.1) is 11.8 Å². The highest BCUT2D eigenvalue weighted by atomic mass is 16.2. The second kappa shape index (κ2) is 7.82. The largest absolute Gasteiger partial charge is 0.356 e. The van der Waals surface area contributed by atoms with Gasteiger partial charge >= 0.3 is 0 Å². The first-order valence-electron chi connectivity index (χ1n) is 8.95. The molecule has 1 aromatic rings. The van der Waals surface area contributed by atoms with E-state index in [-0.39, 0.29) is 17.7 Å². The zero-order chi connectivity index (χ0) is 17.7. The highest BCUT2D eigenvalue weighted by Gasteiger charge is 2.35. The fourth-order valence-electron chi connectivity index (χ4n) is 3.24. The molecule has 2 amide bonds. The Kier molecular flexibility index (Phi) is 6.03. The molecule has 1 unspecified atom stereocenters. The lowest BCUT2D eigenvalue weighted by molar-refractivity contribution is -0.138. The number of rotatable bonds is 5. The molecule has 1 fully saturated rings. The Bertz CT molecular complexity index is 566. The molecular formula is C20H30N2O2. The van der Waals surface area contributed by atoms with Crippen LogP contribution in [0.4, 0.5) is 0 Å². The average molecular weight is 330 g/mol. The van der Waals surface area contributed by atoms with Crippen molar-refractivity contribution >= 4 is 11.8 Å². The van der Waals surface area contributed by atoms with Gasteiger partial charge in [-0.25, -0.2) is 0 Å². The number of hydrogen-bond acceptors (Lipinski definition) is 2. The topological polar surface area (TPSA) is 49.4 Å². The van der Waals surface area contributed by atoms with Crippen LogP contribution in [-0.2, 0) is 15.0 Å². The second-order valence-electron chi connectivity index (χ2n) is 7.65. The van der Waals surface area contributed by atoms with Crippen LogP contribution >= 0.6 is 0 Å². The Morgan fingerprint density at radius 1 is 1.25 bits per heavy atom. The molecule has 4 nitrogen and oxygen atoms in total. The van der Waals surface area contributed by atoms with Crippen LogP contribution in [0.2, 0.25) is 0 Å². The predicted octanol–water partition coefficient (Wildman–Crippen LogP) is 2.98. The molecule has 132 valence electrons. The summed E-state index contributed by atoms with van der Waals surface area (Å²) in [5, 5.41) is 3.00. The maximum atomic E-state index is 13.1. The lowest BCUT2D eigenvalue weighted by atomic mass is 9.82. The van der Waals surface area contributed by atoms with Gasteiger partial charge in [0.25, 0.3) is 0 Å². The van der Waals surface area contributed by atoms with E-state index in [0.717, 1.165) is 31.5 Å². The Hall–Kier alpha value is -1.84. The van der Waals surface area contributed by atoms with Gasteiger partial charge < -0.3 is 10.2 Å². The Morgan fingerprint density at radius 3 is 2.54 bits per heavy atom. The average Bonchev–Trinajstić information content (AvgIpc) is 2.59. The van der Waals surface area contributed by atoms with E-state index in [0.29, 0.717) is 12.5 Å². The third-order valence-corrected chi connectivity index (χ3v) is 4.93. The van der Waals surface area contributed by atoms with Crippen molar-refractivity contribution < 1.29 is 9.59 Å². The van der Waals surface area contributed by atoms with E-state index in [2.05, 4.69) is 5.32 Å². The summed E-state index contributed by atoms with van der Waals surface area (Å²) in [7, 11) is 0. The summed E-state index contributed by atoms with van der Waals surface area (Å²) in [5.41, 5.74) is 0.523. The molecule has 4 heteroatoms. The van der Waals surface area contributed by atoms with Crippen molar-refractivity contribution in [1.82, 2.24) is 10.2 Å². The van der Waals surface area contributed by atoms with E-state index in [1.54, 1.807) is 0 Å². The van der Waals surface area contributed by atoms with Crippen molar-refractivity contribution in [2.45, 2.75) is 46.0 Å². The number of amides is 2. The molecule has 1 aliphatic heterocycles. The van der Waals surface area contributed by atoms with Gasteiger partial charge in [-0.1, -0.05) is 44.2 Å². The van der Waals surface area contributed by atoms with Gasteiger partial charge in [0.1, 0.15) is 0 Å². The van der Waals surface area contributed by atoms with Gasteiger partial charge in [0, 0.05) is 25.6 Å². The van der Waals surface area contributed by atoms with Crippen LogP contribution < -0.4 is 5.32 Å². The van der Waals surface area contributed by atoms with Crippen molar-refractivity contribution in [2.75, 3.05) is 19.6 Å². The van der Waals surface area contributed by atoms with E-state index in [1.807, 2.05) is 62.9 Å². The summed E-state index contributed by atoms with van der Waals surface area (Å²) < 4.78 is 0. The minimum Gasteiger partial charge on any atom is -0.356 e. The number of nitrogens with zero attached hydrogens (tertiary/aromatic N) is 1. The van der Waals surface area contributed by atoms with Gasteiger partial charge in [0.05, 0.1) is 5.41 Å². The molecule has 0 saturated carbocycles. The van der Waals surface area contributed by atoms with Crippen molar-refractivity contribution in [2.24, 2.45) is 11.8 Å². The fourth-order valence-corrected chi connectivity index (χ4v) is 3.24. The molecule has 1 atom stereocenters. The van der Waals surface area contributed by atoms with Crippen molar-refractivity contribution in [3.63, 3.8) is 0 Å². The molecule has 0 aliphatic carbocycles. The molecule has 1 aromatic carbocycles. The van der Waals surface area contributed by atoms with Gasteiger partial charge in [0.15, 0.2) is 0 Å². The zero-order valence-corrected chi connectivity index (χ0v) is 15.3.